The van der Waals surface area contributed by atoms with Gasteiger partial charge in [-0.2, -0.15) is 4.98 Å². The number of anilines is 1. The molecule has 1 aromatic heterocycles. The second kappa shape index (κ2) is 6.91. The van der Waals surface area contributed by atoms with Crippen molar-refractivity contribution in [1.82, 2.24) is 14.9 Å². The summed E-state index contributed by atoms with van der Waals surface area (Å²) in [4.78, 5) is 10.7. The molecule has 1 N–H and O–H groups in total. The second-order valence-electron chi connectivity index (χ2n) is 4.79. The fourth-order valence-corrected chi connectivity index (χ4v) is 2.48. The number of hydrogen-bond acceptors (Lipinski definition) is 5. The maximum absolute atomic E-state index is 6.03. The highest BCUT2D eigenvalue weighted by Crippen LogP contribution is 2.23. The Morgan fingerprint density at radius 1 is 1.58 bits per heavy atom. The summed E-state index contributed by atoms with van der Waals surface area (Å²) in [5, 5.41) is 3.50. The number of nitrogens with one attached hydrogen (secondary N) is 1. The zero-order valence-corrected chi connectivity index (χ0v) is 12.3. The van der Waals surface area contributed by atoms with E-state index in [4.69, 9.17) is 16.3 Å². The first-order valence-electron chi connectivity index (χ1n) is 6.80. The van der Waals surface area contributed by atoms with Gasteiger partial charge in [0.2, 0.25) is 11.8 Å². The zero-order chi connectivity index (χ0) is 13.7. The van der Waals surface area contributed by atoms with Crippen LogP contribution < -0.4 is 10.1 Å². The Balaban J connectivity index is 1.86. The van der Waals surface area contributed by atoms with Crippen molar-refractivity contribution in [1.29, 1.82) is 0 Å². The Morgan fingerprint density at radius 2 is 2.42 bits per heavy atom. The second-order valence-corrected chi connectivity index (χ2v) is 5.20. The van der Waals surface area contributed by atoms with Crippen molar-refractivity contribution in [2.45, 2.75) is 32.2 Å². The van der Waals surface area contributed by atoms with Gasteiger partial charge < -0.3 is 15.0 Å². The van der Waals surface area contributed by atoms with E-state index < -0.39 is 0 Å². The van der Waals surface area contributed by atoms with Crippen LogP contribution in [0.3, 0.4) is 0 Å². The van der Waals surface area contributed by atoms with Crippen LogP contribution in [-0.2, 0) is 0 Å². The summed E-state index contributed by atoms with van der Waals surface area (Å²) in [7, 11) is 2.17. The van der Waals surface area contributed by atoms with Gasteiger partial charge in [0.05, 0.1) is 12.8 Å². The molecule has 1 aromatic rings. The van der Waals surface area contributed by atoms with Crippen LogP contribution in [0.1, 0.15) is 26.2 Å². The molecule has 6 heteroatoms. The summed E-state index contributed by atoms with van der Waals surface area (Å²) in [6.45, 7) is 4.59. The Kier molecular flexibility index (Phi) is 5.22. The van der Waals surface area contributed by atoms with E-state index in [2.05, 4.69) is 27.2 Å². The molecule has 0 bridgehead atoms. The lowest BCUT2D eigenvalue weighted by Gasteiger charge is -2.19. The fourth-order valence-electron chi connectivity index (χ4n) is 2.33. The van der Waals surface area contributed by atoms with Crippen molar-refractivity contribution in [3.63, 3.8) is 0 Å². The van der Waals surface area contributed by atoms with Crippen molar-refractivity contribution in [2.75, 3.05) is 32.1 Å². The number of rotatable bonds is 6. The number of hydrogen-bond donors (Lipinski definition) is 1. The predicted octanol–water partition coefficient (Wildman–Crippen LogP) is 2.42. The molecule has 0 saturated carbocycles. The van der Waals surface area contributed by atoms with Gasteiger partial charge in [0.1, 0.15) is 5.02 Å². The molecule has 0 spiro atoms. The van der Waals surface area contributed by atoms with E-state index in [-0.39, 0.29) is 0 Å². The molecule has 0 aromatic carbocycles. The SMILES string of the molecule is CCNc1ncc(Cl)c(OCCC2CCCN2C)n1. The van der Waals surface area contributed by atoms with Crippen LogP contribution in [-0.4, -0.2) is 47.7 Å². The van der Waals surface area contributed by atoms with Crippen LogP contribution in [0.15, 0.2) is 6.20 Å². The van der Waals surface area contributed by atoms with E-state index in [1.165, 1.54) is 19.4 Å². The highest BCUT2D eigenvalue weighted by Gasteiger charge is 2.20. The molecule has 106 valence electrons. The van der Waals surface area contributed by atoms with Crippen molar-refractivity contribution in [3.8, 4) is 5.88 Å². The van der Waals surface area contributed by atoms with Crippen LogP contribution in [0.5, 0.6) is 5.88 Å². The van der Waals surface area contributed by atoms with Gasteiger partial charge >= 0.3 is 0 Å². The minimum Gasteiger partial charge on any atom is -0.476 e. The first-order valence-corrected chi connectivity index (χ1v) is 7.18. The van der Waals surface area contributed by atoms with Crippen molar-refractivity contribution in [2.24, 2.45) is 0 Å². The molecule has 1 unspecified atom stereocenters. The molecule has 5 nitrogen and oxygen atoms in total. The quantitative estimate of drug-likeness (QED) is 0.869. The van der Waals surface area contributed by atoms with Crippen LogP contribution in [0, 0.1) is 0 Å². The van der Waals surface area contributed by atoms with Gasteiger partial charge in [0.25, 0.3) is 0 Å². The van der Waals surface area contributed by atoms with Crippen LogP contribution in [0.4, 0.5) is 5.95 Å². The Morgan fingerprint density at radius 3 is 3.11 bits per heavy atom. The van der Waals surface area contributed by atoms with E-state index in [0.717, 1.165) is 13.0 Å². The van der Waals surface area contributed by atoms with Gasteiger partial charge in [-0.1, -0.05) is 11.6 Å². The Labute approximate surface area is 119 Å². The summed E-state index contributed by atoms with van der Waals surface area (Å²) in [5.41, 5.74) is 0. The van der Waals surface area contributed by atoms with Crippen LogP contribution in [0.2, 0.25) is 5.02 Å². The third kappa shape index (κ3) is 3.94. The van der Waals surface area contributed by atoms with E-state index in [1.54, 1.807) is 6.20 Å². The van der Waals surface area contributed by atoms with Gasteiger partial charge in [-0.05, 0) is 39.8 Å². The molecule has 1 atom stereocenters. The number of nitrogens with zero attached hydrogens (tertiary/aromatic N) is 3. The van der Waals surface area contributed by atoms with Crippen LogP contribution in [0.25, 0.3) is 0 Å². The van der Waals surface area contributed by atoms with Crippen molar-refractivity contribution >= 4 is 17.5 Å². The van der Waals surface area contributed by atoms with E-state index >= 15 is 0 Å². The Bertz CT molecular complexity index is 416. The Hall–Kier alpha value is -1.07. The minimum absolute atomic E-state index is 0.460. The van der Waals surface area contributed by atoms with E-state index in [1.807, 2.05) is 6.92 Å². The van der Waals surface area contributed by atoms with Crippen LogP contribution >= 0.6 is 11.6 Å². The topological polar surface area (TPSA) is 50.3 Å². The first-order chi connectivity index (χ1) is 9.20. The summed E-state index contributed by atoms with van der Waals surface area (Å²) in [6.07, 6.45) is 5.11. The smallest absolute Gasteiger partial charge is 0.237 e. The molecule has 2 heterocycles. The van der Waals surface area contributed by atoms with Gasteiger partial charge in [0, 0.05) is 12.6 Å². The molecule has 19 heavy (non-hydrogen) atoms. The standard InChI is InChI=1S/C13H21ClN4O/c1-3-15-13-16-9-11(14)12(17-13)19-8-6-10-5-4-7-18(10)2/h9-10H,3-8H2,1-2H3,(H,15,16,17). The molecular formula is C13H21ClN4O. The van der Waals surface area contributed by atoms with Crippen molar-refractivity contribution in [3.05, 3.63) is 11.2 Å². The molecule has 0 radical (unpaired) electrons. The first kappa shape index (κ1) is 14.3. The minimum atomic E-state index is 0.460. The average Bonchev–Trinajstić information content (AvgIpc) is 2.79. The van der Waals surface area contributed by atoms with Gasteiger partial charge in [-0.3, -0.25) is 0 Å². The van der Waals surface area contributed by atoms with Crippen molar-refractivity contribution < 1.29 is 4.74 Å². The van der Waals surface area contributed by atoms with Gasteiger partial charge in [-0.15, -0.1) is 0 Å². The fraction of sp³-hybridized carbons (Fsp3) is 0.692. The molecule has 1 fully saturated rings. The lowest BCUT2D eigenvalue weighted by molar-refractivity contribution is 0.228. The summed E-state index contributed by atoms with van der Waals surface area (Å²) < 4.78 is 5.68. The molecule has 1 saturated heterocycles. The lowest BCUT2D eigenvalue weighted by Crippen LogP contribution is -2.26. The average molecular weight is 285 g/mol. The van der Waals surface area contributed by atoms with E-state index in [0.29, 0.717) is 29.5 Å². The lowest BCUT2D eigenvalue weighted by atomic mass is 10.1. The number of halogens is 1. The summed E-state index contributed by atoms with van der Waals surface area (Å²) >= 11 is 6.03. The van der Waals surface area contributed by atoms with Gasteiger partial charge in [0.15, 0.2) is 0 Å². The predicted molar refractivity (Wildman–Crippen MR) is 77.0 cm³/mol. The third-order valence-electron chi connectivity index (χ3n) is 3.41. The highest BCUT2D eigenvalue weighted by atomic mass is 35.5. The number of ether oxygens (including phenoxy) is 1. The molecule has 2 rings (SSSR count). The third-order valence-corrected chi connectivity index (χ3v) is 3.67. The zero-order valence-electron chi connectivity index (χ0n) is 11.5. The maximum Gasteiger partial charge on any atom is 0.237 e. The summed E-state index contributed by atoms with van der Waals surface area (Å²) in [6, 6.07) is 0.619. The number of likely N-dealkylation sites (tertiary alicyclic amines) is 1. The molecule has 1 aliphatic heterocycles. The van der Waals surface area contributed by atoms with Gasteiger partial charge in [-0.25, -0.2) is 4.98 Å². The normalized spacial score (nSPS) is 19.6. The molecule has 1 aliphatic rings. The molecule has 0 amide bonds. The highest BCUT2D eigenvalue weighted by molar-refractivity contribution is 6.31. The number of aromatic nitrogens is 2. The monoisotopic (exact) mass is 284 g/mol. The maximum atomic E-state index is 6.03. The summed E-state index contributed by atoms with van der Waals surface area (Å²) in [5.74, 6) is 1.02. The molecule has 0 aliphatic carbocycles. The van der Waals surface area contributed by atoms with E-state index in [9.17, 15) is 0 Å². The molecular weight excluding hydrogens is 264 g/mol. The largest absolute Gasteiger partial charge is 0.476 e.